The Morgan fingerprint density at radius 1 is 1.55 bits per heavy atom. The first kappa shape index (κ1) is 14.7. The van der Waals surface area contributed by atoms with Gasteiger partial charge in [-0.25, -0.2) is 4.39 Å². The number of nitrogens with one attached hydrogen (secondary N) is 1. The lowest BCUT2D eigenvalue weighted by Crippen LogP contribution is -2.37. The molecule has 0 bridgehead atoms. The molecule has 0 aliphatic carbocycles. The summed E-state index contributed by atoms with van der Waals surface area (Å²) in [6.45, 7) is 2.41. The van der Waals surface area contributed by atoms with Crippen LogP contribution in [0.25, 0.3) is 10.1 Å². The number of amides is 1. The molecule has 20 heavy (non-hydrogen) atoms. The van der Waals surface area contributed by atoms with E-state index in [1.165, 1.54) is 23.5 Å². The van der Waals surface area contributed by atoms with E-state index >= 15 is 0 Å². The van der Waals surface area contributed by atoms with Crippen molar-refractivity contribution in [1.82, 2.24) is 5.32 Å². The molecule has 0 saturated heterocycles. The summed E-state index contributed by atoms with van der Waals surface area (Å²) in [6.07, 6.45) is 0.763. The molecule has 0 aliphatic rings. The van der Waals surface area contributed by atoms with Gasteiger partial charge in [-0.3, -0.25) is 4.79 Å². The topological polar surface area (TPSA) is 64.3 Å². The van der Waals surface area contributed by atoms with Crippen molar-refractivity contribution in [3.63, 3.8) is 0 Å². The summed E-state index contributed by atoms with van der Waals surface area (Å²) in [5.41, 5.74) is 6.28. The second kappa shape index (κ2) is 6.19. The highest BCUT2D eigenvalue weighted by atomic mass is 32.1. The van der Waals surface area contributed by atoms with E-state index in [9.17, 15) is 9.18 Å². The van der Waals surface area contributed by atoms with E-state index in [1.54, 1.807) is 13.2 Å². The number of hydrogen-bond donors (Lipinski definition) is 2. The van der Waals surface area contributed by atoms with Crippen LogP contribution in [0, 0.1) is 5.82 Å². The molecule has 1 amide bonds. The maximum absolute atomic E-state index is 13.2. The van der Waals surface area contributed by atoms with Crippen molar-refractivity contribution in [2.75, 3.05) is 19.5 Å². The number of anilines is 1. The molecule has 1 unspecified atom stereocenters. The van der Waals surface area contributed by atoms with Crippen molar-refractivity contribution in [3.8, 4) is 0 Å². The van der Waals surface area contributed by atoms with Crippen LogP contribution < -0.4 is 11.1 Å². The molecule has 1 aromatic carbocycles. The van der Waals surface area contributed by atoms with Crippen LogP contribution in [0.1, 0.15) is 23.0 Å². The van der Waals surface area contributed by atoms with Gasteiger partial charge in [0.05, 0.1) is 18.3 Å². The first-order chi connectivity index (χ1) is 9.56. The van der Waals surface area contributed by atoms with E-state index in [4.69, 9.17) is 10.5 Å². The first-order valence-electron chi connectivity index (χ1n) is 6.34. The lowest BCUT2D eigenvalue weighted by Gasteiger charge is -2.15. The molecule has 3 N–H and O–H groups in total. The monoisotopic (exact) mass is 296 g/mol. The number of methoxy groups -OCH3 is 1. The Labute approximate surface area is 120 Å². The van der Waals surface area contributed by atoms with E-state index in [0.717, 1.165) is 11.1 Å². The van der Waals surface area contributed by atoms with Gasteiger partial charge >= 0.3 is 0 Å². The van der Waals surface area contributed by atoms with Crippen LogP contribution in [0.15, 0.2) is 18.2 Å². The lowest BCUT2D eigenvalue weighted by atomic mass is 10.2. The van der Waals surface area contributed by atoms with Gasteiger partial charge in [0.2, 0.25) is 0 Å². The first-order valence-corrected chi connectivity index (χ1v) is 7.15. The molecule has 2 rings (SSSR count). The number of nitrogens with two attached hydrogens (primary N) is 1. The second-order valence-corrected chi connectivity index (χ2v) is 5.57. The Hall–Kier alpha value is -1.66. The van der Waals surface area contributed by atoms with Gasteiger partial charge in [0.25, 0.3) is 5.91 Å². The van der Waals surface area contributed by atoms with E-state index in [0.29, 0.717) is 22.6 Å². The van der Waals surface area contributed by atoms with Crippen LogP contribution in [0.3, 0.4) is 0 Å². The van der Waals surface area contributed by atoms with Crippen molar-refractivity contribution >= 4 is 33.0 Å². The number of fused-ring (bicyclic) bond motifs is 1. The largest absolute Gasteiger partial charge is 0.397 e. The summed E-state index contributed by atoms with van der Waals surface area (Å²) in [5.74, 6) is -0.604. The molecule has 108 valence electrons. The van der Waals surface area contributed by atoms with Crippen LogP contribution >= 0.6 is 11.3 Å². The fourth-order valence-corrected chi connectivity index (χ4v) is 2.98. The number of halogens is 1. The Kier molecular flexibility index (Phi) is 4.57. The van der Waals surface area contributed by atoms with E-state index in [-0.39, 0.29) is 17.8 Å². The quantitative estimate of drug-likeness (QED) is 0.891. The molecule has 0 fully saturated rings. The zero-order chi connectivity index (χ0) is 14.7. The summed E-state index contributed by atoms with van der Waals surface area (Å²) < 4.78 is 19.1. The van der Waals surface area contributed by atoms with Gasteiger partial charge in [-0.15, -0.1) is 11.3 Å². The molecular formula is C14H17FN2O2S. The molecule has 1 atom stereocenters. The molecule has 0 aliphatic heterocycles. The van der Waals surface area contributed by atoms with Crippen LogP contribution in [-0.2, 0) is 4.74 Å². The highest BCUT2D eigenvalue weighted by Gasteiger charge is 2.19. The number of benzene rings is 1. The predicted octanol–water partition coefficient (Wildman–Crippen LogP) is 2.78. The molecular weight excluding hydrogens is 279 g/mol. The maximum atomic E-state index is 13.2. The number of nitrogen functional groups attached to an aromatic ring is 1. The number of hydrogen-bond acceptors (Lipinski definition) is 4. The summed E-state index contributed by atoms with van der Waals surface area (Å²) in [5, 5.41) is 3.46. The standard InChI is InChI=1S/C14H17FN2O2S/c1-3-9(7-19-2)17-14(18)13-12(16)10-6-8(15)4-5-11(10)20-13/h4-6,9H,3,7,16H2,1-2H3,(H,17,18). The molecule has 6 heteroatoms. The minimum absolute atomic E-state index is 0.0613. The Morgan fingerprint density at radius 2 is 2.30 bits per heavy atom. The van der Waals surface area contributed by atoms with Crippen molar-refractivity contribution in [1.29, 1.82) is 0 Å². The molecule has 0 spiro atoms. The summed E-state index contributed by atoms with van der Waals surface area (Å²) in [4.78, 5) is 12.7. The third-order valence-corrected chi connectivity index (χ3v) is 4.28. The molecule has 2 aromatic rings. The number of thiophene rings is 1. The number of ether oxygens (including phenoxy) is 1. The zero-order valence-electron chi connectivity index (χ0n) is 11.4. The molecule has 0 saturated carbocycles. The van der Waals surface area contributed by atoms with Gasteiger partial charge in [0.1, 0.15) is 10.7 Å². The number of rotatable bonds is 5. The van der Waals surface area contributed by atoms with Crippen LogP contribution in [0.4, 0.5) is 10.1 Å². The van der Waals surface area contributed by atoms with Crippen molar-refractivity contribution in [3.05, 3.63) is 28.9 Å². The van der Waals surface area contributed by atoms with Crippen molar-refractivity contribution < 1.29 is 13.9 Å². The fourth-order valence-electron chi connectivity index (χ4n) is 1.97. The molecule has 4 nitrogen and oxygen atoms in total. The van der Waals surface area contributed by atoms with Gasteiger partial charge in [0, 0.05) is 17.2 Å². The minimum atomic E-state index is -0.361. The SMILES string of the molecule is CCC(COC)NC(=O)c1sc2ccc(F)cc2c1N. The van der Waals surface area contributed by atoms with Gasteiger partial charge in [-0.1, -0.05) is 6.92 Å². The third-order valence-electron chi connectivity index (χ3n) is 3.09. The average molecular weight is 296 g/mol. The Balaban J connectivity index is 2.28. The van der Waals surface area contributed by atoms with Gasteiger partial charge in [-0.2, -0.15) is 0 Å². The number of carbonyl (C=O) groups excluding carboxylic acids is 1. The van der Waals surface area contributed by atoms with Gasteiger partial charge in [-0.05, 0) is 24.6 Å². The highest BCUT2D eigenvalue weighted by Crippen LogP contribution is 2.34. The van der Waals surface area contributed by atoms with Crippen LogP contribution in [0.2, 0.25) is 0 Å². The van der Waals surface area contributed by atoms with Crippen LogP contribution in [-0.4, -0.2) is 25.7 Å². The van der Waals surface area contributed by atoms with Gasteiger partial charge in [0.15, 0.2) is 0 Å². The number of carbonyl (C=O) groups is 1. The van der Waals surface area contributed by atoms with Crippen molar-refractivity contribution in [2.45, 2.75) is 19.4 Å². The molecule has 1 heterocycles. The normalized spacial score (nSPS) is 12.6. The molecule has 1 aromatic heterocycles. The summed E-state index contributed by atoms with van der Waals surface area (Å²) in [6, 6.07) is 4.29. The van der Waals surface area contributed by atoms with Crippen molar-refractivity contribution in [2.24, 2.45) is 0 Å². The Bertz CT molecular complexity index is 627. The second-order valence-electron chi connectivity index (χ2n) is 4.52. The lowest BCUT2D eigenvalue weighted by molar-refractivity contribution is 0.0899. The zero-order valence-corrected chi connectivity index (χ0v) is 12.2. The highest BCUT2D eigenvalue weighted by molar-refractivity contribution is 7.21. The summed E-state index contributed by atoms with van der Waals surface area (Å²) >= 11 is 1.27. The average Bonchev–Trinajstić information content (AvgIpc) is 2.75. The fraction of sp³-hybridized carbons (Fsp3) is 0.357. The Morgan fingerprint density at radius 3 is 2.95 bits per heavy atom. The predicted molar refractivity (Wildman–Crippen MR) is 79.6 cm³/mol. The maximum Gasteiger partial charge on any atom is 0.263 e. The van der Waals surface area contributed by atoms with Gasteiger partial charge < -0.3 is 15.8 Å². The smallest absolute Gasteiger partial charge is 0.263 e. The minimum Gasteiger partial charge on any atom is -0.397 e. The third kappa shape index (κ3) is 2.91. The van der Waals surface area contributed by atoms with E-state index in [2.05, 4.69) is 5.32 Å². The van der Waals surface area contributed by atoms with E-state index < -0.39 is 0 Å². The van der Waals surface area contributed by atoms with E-state index in [1.807, 2.05) is 6.92 Å². The molecule has 0 radical (unpaired) electrons. The van der Waals surface area contributed by atoms with Crippen LogP contribution in [0.5, 0.6) is 0 Å². The summed E-state index contributed by atoms with van der Waals surface area (Å²) in [7, 11) is 1.59.